The Hall–Kier alpha value is -1.96. The number of carbonyl (C=O) groups excluding carboxylic acids is 1. The summed E-state index contributed by atoms with van der Waals surface area (Å²) in [4.78, 5) is 11.0. The highest BCUT2D eigenvalue weighted by Crippen LogP contribution is 2.41. The van der Waals surface area contributed by atoms with Gasteiger partial charge in [0, 0.05) is 12.8 Å². The first-order chi connectivity index (χ1) is 8.05. The molecule has 0 unspecified atom stereocenters. The molecule has 1 aliphatic carbocycles. The normalized spacial score (nSPS) is 17.4. The van der Waals surface area contributed by atoms with Crippen molar-refractivity contribution < 1.29 is 18.3 Å². The molecule has 1 saturated carbocycles. The van der Waals surface area contributed by atoms with E-state index in [9.17, 15) is 13.6 Å². The second-order valence-corrected chi connectivity index (χ2v) is 3.99. The molecule has 5 heteroatoms. The number of hydrogen-bond donors (Lipinski definition) is 0. The zero-order valence-corrected chi connectivity index (χ0v) is 8.82. The number of rotatable bonds is 3. The van der Waals surface area contributed by atoms with Crippen molar-refractivity contribution in [3.05, 3.63) is 29.8 Å². The maximum Gasteiger partial charge on any atom is 0.387 e. The quantitative estimate of drug-likeness (QED) is 0.811. The topological polar surface area (TPSA) is 50.1 Å². The second-order valence-electron chi connectivity index (χ2n) is 3.99. The Balaban J connectivity index is 2.18. The lowest BCUT2D eigenvalue weighted by molar-refractivity contribution is -0.126. The van der Waals surface area contributed by atoms with Crippen LogP contribution in [-0.2, 0) is 10.2 Å². The lowest BCUT2D eigenvalue weighted by Gasteiger charge is -2.34. The fraction of sp³-hybridized carbons (Fsp3) is 0.333. The van der Waals surface area contributed by atoms with Gasteiger partial charge in [-0.05, 0) is 17.7 Å². The predicted molar refractivity (Wildman–Crippen MR) is 54.6 cm³/mol. The molecule has 0 spiro atoms. The van der Waals surface area contributed by atoms with Crippen LogP contribution < -0.4 is 4.74 Å². The third-order valence-electron chi connectivity index (χ3n) is 2.84. The molecule has 0 N–H and O–H groups in total. The fourth-order valence-corrected chi connectivity index (χ4v) is 1.92. The third-order valence-corrected chi connectivity index (χ3v) is 2.84. The SMILES string of the molecule is N#CC1(c2ccc(OC(F)F)cc2)CC(=O)C1. The summed E-state index contributed by atoms with van der Waals surface area (Å²) in [6.45, 7) is -2.86. The van der Waals surface area contributed by atoms with E-state index in [1.807, 2.05) is 0 Å². The third kappa shape index (κ3) is 2.11. The molecule has 1 aliphatic rings. The number of alkyl halides is 2. The molecule has 88 valence electrons. The summed E-state index contributed by atoms with van der Waals surface area (Å²) in [6, 6.07) is 7.97. The van der Waals surface area contributed by atoms with Crippen LogP contribution >= 0.6 is 0 Å². The van der Waals surface area contributed by atoms with Crippen molar-refractivity contribution in [3.63, 3.8) is 0 Å². The van der Waals surface area contributed by atoms with E-state index in [1.165, 1.54) is 12.1 Å². The van der Waals surface area contributed by atoms with Gasteiger partial charge in [0.15, 0.2) is 0 Å². The van der Waals surface area contributed by atoms with Crippen LogP contribution in [0.15, 0.2) is 24.3 Å². The van der Waals surface area contributed by atoms with Crippen molar-refractivity contribution in [2.75, 3.05) is 0 Å². The van der Waals surface area contributed by atoms with Crippen LogP contribution in [-0.4, -0.2) is 12.4 Å². The summed E-state index contributed by atoms with van der Waals surface area (Å²) in [7, 11) is 0. The van der Waals surface area contributed by atoms with Gasteiger partial charge >= 0.3 is 6.61 Å². The number of ether oxygens (including phenoxy) is 1. The molecule has 0 aromatic heterocycles. The number of halogens is 2. The first-order valence-electron chi connectivity index (χ1n) is 5.04. The highest BCUT2D eigenvalue weighted by atomic mass is 19.3. The molecule has 3 nitrogen and oxygen atoms in total. The van der Waals surface area contributed by atoms with Crippen molar-refractivity contribution in [1.29, 1.82) is 5.26 Å². The summed E-state index contributed by atoms with van der Waals surface area (Å²) in [5, 5.41) is 9.07. The molecule has 1 aromatic carbocycles. The number of hydrogen-bond acceptors (Lipinski definition) is 3. The van der Waals surface area contributed by atoms with Crippen molar-refractivity contribution in [2.24, 2.45) is 0 Å². The maximum absolute atomic E-state index is 11.9. The number of nitriles is 1. The summed E-state index contributed by atoms with van der Waals surface area (Å²) >= 11 is 0. The zero-order valence-electron chi connectivity index (χ0n) is 8.82. The second kappa shape index (κ2) is 4.13. The Morgan fingerprint density at radius 3 is 2.29 bits per heavy atom. The van der Waals surface area contributed by atoms with Crippen molar-refractivity contribution in [3.8, 4) is 11.8 Å². The molecular weight excluding hydrogens is 228 g/mol. The molecule has 0 aliphatic heterocycles. The van der Waals surface area contributed by atoms with E-state index in [1.54, 1.807) is 12.1 Å². The number of ketones is 1. The van der Waals surface area contributed by atoms with E-state index in [0.29, 0.717) is 5.56 Å². The summed E-state index contributed by atoms with van der Waals surface area (Å²) < 4.78 is 28.1. The van der Waals surface area contributed by atoms with Crippen molar-refractivity contribution in [1.82, 2.24) is 0 Å². The Labute approximate surface area is 96.6 Å². The summed E-state index contributed by atoms with van der Waals surface area (Å²) in [5.74, 6) is 0.0851. The van der Waals surface area contributed by atoms with Gasteiger partial charge in [-0.2, -0.15) is 14.0 Å². The van der Waals surface area contributed by atoms with Gasteiger partial charge in [-0.25, -0.2) is 0 Å². The van der Waals surface area contributed by atoms with Crippen LogP contribution in [0.25, 0.3) is 0 Å². The number of nitrogens with zero attached hydrogens (tertiary/aromatic N) is 1. The van der Waals surface area contributed by atoms with Gasteiger partial charge in [-0.15, -0.1) is 0 Å². The van der Waals surface area contributed by atoms with Crippen LogP contribution in [0.5, 0.6) is 5.75 Å². The van der Waals surface area contributed by atoms with Crippen LogP contribution in [0.4, 0.5) is 8.78 Å². The molecule has 17 heavy (non-hydrogen) atoms. The monoisotopic (exact) mass is 237 g/mol. The van der Waals surface area contributed by atoms with Gasteiger partial charge in [-0.1, -0.05) is 12.1 Å². The Kier molecular flexibility index (Phi) is 2.80. The van der Waals surface area contributed by atoms with E-state index in [-0.39, 0.29) is 24.4 Å². The standard InChI is InChI=1S/C12H9F2NO2/c13-11(14)17-10-3-1-8(2-4-10)12(7-15)5-9(16)6-12/h1-4,11H,5-6H2. The van der Waals surface area contributed by atoms with Gasteiger partial charge < -0.3 is 4.74 Å². The van der Waals surface area contributed by atoms with E-state index < -0.39 is 12.0 Å². The molecule has 0 saturated heterocycles. The average molecular weight is 237 g/mol. The van der Waals surface area contributed by atoms with Crippen LogP contribution in [0.2, 0.25) is 0 Å². The Bertz CT molecular complexity index is 468. The predicted octanol–water partition coefficient (Wildman–Crippen LogP) is 2.41. The smallest absolute Gasteiger partial charge is 0.387 e. The Morgan fingerprint density at radius 2 is 1.88 bits per heavy atom. The van der Waals surface area contributed by atoms with E-state index in [0.717, 1.165) is 0 Å². The molecule has 0 amide bonds. The van der Waals surface area contributed by atoms with Crippen LogP contribution in [0.1, 0.15) is 18.4 Å². The van der Waals surface area contributed by atoms with E-state index in [4.69, 9.17) is 5.26 Å². The lowest BCUT2D eigenvalue weighted by Crippen LogP contribution is -2.40. The van der Waals surface area contributed by atoms with Gasteiger partial charge in [0.2, 0.25) is 0 Å². The molecular formula is C12H9F2NO2. The molecule has 1 fully saturated rings. The van der Waals surface area contributed by atoms with Crippen molar-refractivity contribution in [2.45, 2.75) is 24.9 Å². The molecule has 0 bridgehead atoms. The van der Waals surface area contributed by atoms with Crippen molar-refractivity contribution >= 4 is 5.78 Å². The zero-order chi connectivity index (χ0) is 12.5. The summed E-state index contributed by atoms with van der Waals surface area (Å²) in [5.41, 5.74) is -0.110. The van der Waals surface area contributed by atoms with E-state index >= 15 is 0 Å². The number of Topliss-reactive ketones (excluding diaryl/α,β-unsaturated/α-hetero) is 1. The van der Waals surface area contributed by atoms with Gasteiger partial charge in [0.1, 0.15) is 11.5 Å². The van der Waals surface area contributed by atoms with Crippen LogP contribution in [0.3, 0.4) is 0 Å². The fourth-order valence-electron chi connectivity index (χ4n) is 1.92. The first-order valence-corrected chi connectivity index (χ1v) is 5.04. The van der Waals surface area contributed by atoms with Crippen LogP contribution in [0, 0.1) is 11.3 Å². The summed E-state index contributed by atoms with van der Waals surface area (Å²) in [6.07, 6.45) is 0.386. The molecule has 2 rings (SSSR count). The van der Waals surface area contributed by atoms with E-state index in [2.05, 4.69) is 10.8 Å². The minimum atomic E-state index is -2.86. The first kappa shape index (κ1) is 11.5. The number of carbonyl (C=O) groups is 1. The molecule has 0 heterocycles. The molecule has 0 radical (unpaired) electrons. The van der Waals surface area contributed by atoms with Gasteiger partial charge in [0.25, 0.3) is 0 Å². The minimum absolute atomic E-state index is 0.0412. The number of benzene rings is 1. The highest BCUT2D eigenvalue weighted by Gasteiger charge is 2.45. The molecule has 0 atom stereocenters. The Morgan fingerprint density at radius 1 is 1.29 bits per heavy atom. The minimum Gasteiger partial charge on any atom is -0.435 e. The lowest BCUT2D eigenvalue weighted by atomic mass is 9.65. The van der Waals surface area contributed by atoms with Gasteiger partial charge in [-0.3, -0.25) is 4.79 Å². The highest BCUT2D eigenvalue weighted by molar-refractivity contribution is 5.90. The average Bonchev–Trinajstić information content (AvgIpc) is 2.25. The maximum atomic E-state index is 11.9. The van der Waals surface area contributed by atoms with Gasteiger partial charge in [0.05, 0.1) is 11.5 Å². The largest absolute Gasteiger partial charge is 0.435 e. The molecule has 1 aromatic rings.